The Morgan fingerprint density at radius 1 is 1.35 bits per heavy atom. The SMILES string of the molecule is Cc1nc(C)c(C(=O)NCc2cccc(C(=O)O)c2)s1. The summed E-state index contributed by atoms with van der Waals surface area (Å²) in [6, 6.07) is 6.50. The molecule has 0 bridgehead atoms. The lowest BCUT2D eigenvalue weighted by Gasteiger charge is -2.05. The van der Waals surface area contributed by atoms with Gasteiger partial charge in [-0.25, -0.2) is 9.78 Å². The number of aryl methyl sites for hydroxylation is 2. The minimum absolute atomic E-state index is 0.186. The van der Waals surface area contributed by atoms with Gasteiger partial charge in [0.25, 0.3) is 5.91 Å². The lowest BCUT2D eigenvalue weighted by molar-refractivity contribution is 0.0696. The van der Waals surface area contributed by atoms with Crippen LogP contribution in [0.3, 0.4) is 0 Å². The molecule has 5 nitrogen and oxygen atoms in total. The highest BCUT2D eigenvalue weighted by atomic mass is 32.1. The molecule has 0 aliphatic heterocycles. The average molecular weight is 290 g/mol. The lowest BCUT2D eigenvalue weighted by atomic mass is 10.1. The molecular weight excluding hydrogens is 276 g/mol. The number of carbonyl (C=O) groups is 2. The third-order valence-electron chi connectivity index (χ3n) is 2.74. The number of amides is 1. The molecule has 104 valence electrons. The van der Waals surface area contributed by atoms with Gasteiger partial charge < -0.3 is 10.4 Å². The number of hydrogen-bond acceptors (Lipinski definition) is 4. The van der Waals surface area contributed by atoms with Gasteiger partial charge in [-0.1, -0.05) is 12.1 Å². The molecule has 0 radical (unpaired) electrons. The Hall–Kier alpha value is -2.21. The summed E-state index contributed by atoms with van der Waals surface area (Å²) in [5.41, 5.74) is 1.67. The van der Waals surface area contributed by atoms with Crippen molar-refractivity contribution in [1.29, 1.82) is 0 Å². The molecule has 2 aromatic rings. The Morgan fingerprint density at radius 3 is 2.70 bits per heavy atom. The van der Waals surface area contributed by atoms with Crippen LogP contribution in [-0.2, 0) is 6.54 Å². The molecule has 0 fully saturated rings. The van der Waals surface area contributed by atoms with Gasteiger partial charge in [0, 0.05) is 6.54 Å². The number of carboxylic acid groups (broad SMARTS) is 1. The van der Waals surface area contributed by atoms with Gasteiger partial charge >= 0.3 is 5.97 Å². The van der Waals surface area contributed by atoms with Gasteiger partial charge in [-0.05, 0) is 31.5 Å². The number of aromatic nitrogens is 1. The molecule has 1 aromatic heterocycles. The molecule has 0 aliphatic carbocycles. The zero-order chi connectivity index (χ0) is 14.7. The minimum atomic E-state index is -0.980. The van der Waals surface area contributed by atoms with E-state index in [9.17, 15) is 9.59 Å². The first-order valence-electron chi connectivity index (χ1n) is 6.02. The summed E-state index contributed by atoms with van der Waals surface area (Å²) in [4.78, 5) is 27.7. The van der Waals surface area contributed by atoms with Crippen LogP contribution in [0.2, 0.25) is 0 Å². The van der Waals surface area contributed by atoms with Crippen LogP contribution in [0.1, 0.15) is 36.3 Å². The molecule has 1 aromatic carbocycles. The van der Waals surface area contributed by atoms with Crippen LogP contribution in [0, 0.1) is 13.8 Å². The Balaban J connectivity index is 2.05. The maximum absolute atomic E-state index is 12.0. The molecule has 6 heteroatoms. The molecule has 1 heterocycles. The van der Waals surface area contributed by atoms with Crippen LogP contribution in [0.5, 0.6) is 0 Å². The second kappa shape index (κ2) is 5.83. The number of carboxylic acids is 1. The molecule has 2 N–H and O–H groups in total. The summed E-state index contributed by atoms with van der Waals surface area (Å²) in [6.07, 6.45) is 0. The van der Waals surface area contributed by atoms with Crippen molar-refractivity contribution in [2.75, 3.05) is 0 Å². The maximum Gasteiger partial charge on any atom is 0.335 e. The number of carbonyl (C=O) groups excluding carboxylic acids is 1. The van der Waals surface area contributed by atoms with Gasteiger partial charge in [-0.3, -0.25) is 4.79 Å². The summed E-state index contributed by atoms with van der Waals surface area (Å²) in [6.45, 7) is 3.94. The van der Waals surface area contributed by atoms with E-state index in [1.807, 2.05) is 6.92 Å². The topological polar surface area (TPSA) is 79.3 Å². The monoisotopic (exact) mass is 290 g/mol. The summed E-state index contributed by atoms with van der Waals surface area (Å²) < 4.78 is 0. The predicted molar refractivity (Wildman–Crippen MR) is 76.2 cm³/mol. The highest BCUT2D eigenvalue weighted by molar-refractivity contribution is 7.13. The largest absolute Gasteiger partial charge is 0.478 e. The van der Waals surface area contributed by atoms with E-state index >= 15 is 0 Å². The molecule has 0 atom stereocenters. The van der Waals surface area contributed by atoms with Crippen LogP contribution in [0.4, 0.5) is 0 Å². The molecule has 0 unspecified atom stereocenters. The van der Waals surface area contributed by atoms with Crippen molar-refractivity contribution in [1.82, 2.24) is 10.3 Å². The molecule has 0 aliphatic rings. The lowest BCUT2D eigenvalue weighted by Crippen LogP contribution is -2.22. The van der Waals surface area contributed by atoms with Gasteiger partial charge in [0.2, 0.25) is 0 Å². The fourth-order valence-corrected chi connectivity index (χ4v) is 2.66. The van der Waals surface area contributed by atoms with Crippen molar-refractivity contribution < 1.29 is 14.7 Å². The molecule has 0 saturated carbocycles. The normalized spacial score (nSPS) is 10.3. The molecular formula is C14H14N2O3S. The van der Waals surface area contributed by atoms with Crippen molar-refractivity contribution in [3.8, 4) is 0 Å². The van der Waals surface area contributed by atoms with E-state index in [1.165, 1.54) is 17.4 Å². The first kappa shape index (κ1) is 14.2. The number of hydrogen-bond donors (Lipinski definition) is 2. The second-order valence-electron chi connectivity index (χ2n) is 4.34. The van der Waals surface area contributed by atoms with Crippen LogP contribution < -0.4 is 5.32 Å². The van der Waals surface area contributed by atoms with E-state index < -0.39 is 5.97 Å². The highest BCUT2D eigenvalue weighted by Crippen LogP contribution is 2.17. The van der Waals surface area contributed by atoms with E-state index in [2.05, 4.69) is 10.3 Å². The van der Waals surface area contributed by atoms with E-state index in [0.29, 0.717) is 10.6 Å². The predicted octanol–water partition coefficient (Wildman–Crippen LogP) is 2.39. The summed E-state index contributed by atoms with van der Waals surface area (Å²) in [5.74, 6) is -1.17. The average Bonchev–Trinajstić information content (AvgIpc) is 2.75. The van der Waals surface area contributed by atoms with Gasteiger partial charge in [0.1, 0.15) is 4.88 Å². The van der Waals surface area contributed by atoms with Gasteiger partial charge in [-0.2, -0.15) is 0 Å². The quantitative estimate of drug-likeness (QED) is 0.906. The highest BCUT2D eigenvalue weighted by Gasteiger charge is 2.13. The van der Waals surface area contributed by atoms with Crippen LogP contribution >= 0.6 is 11.3 Å². The summed E-state index contributed by atoms with van der Waals surface area (Å²) in [5, 5.41) is 12.5. The number of thiazole rings is 1. The number of rotatable bonds is 4. The third kappa shape index (κ3) is 3.21. The van der Waals surface area contributed by atoms with Crippen molar-refractivity contribution in [3.05, 3.63) is 51.0 Å². The summed E-state index contributed by atoms with van der Waals surface area (Å²) in [7, 11) is 0. The van der Waals surface area contributed by atoms with Gasteiger partial charge in [0.15, 0.2) is 0 Å². The van der Waals surface area contributed by atoms with Gasteiger partial charge in [0.05, 0.1) is 16.3 Å². The molecule has 0 saturated heterocycles. The Labute approximate surface area is 120 Å². The zero-order valence-corrected chi connectivity index (χ0v) is 12.0. The first-order chi connectivity index (χ1) is 9.47. The molecule has 2 rings (SSSR count). The van der Waals surface area contributed by atoms with Crippen LogP contribution in [-0.4, -0.2) is 22.0 Å². The number of benzene rings is 1. The van der Waals surface area contributed by atoms with Crippen molar-refractivity contribution in [3.63, 3.8) is 0 Å². The summed E-state index contributed by atoms with van der Waals surface area (Å²) >= 11 is 1.35. The van der Waals surface area contributed by atoms with Crippen molar-refractivity contribution in [2.45, 2.75) is 20.4 Å². The van der Waals surface area contributed by atoms with Crippen molar-refractivity contribution >= 4 is 23.2 Å². The minimum Gasteiger partial charge on any atom is -0.478 e. The van der Waals surface area contributed by atoms with E-state index in [4.69, 9.17) is 5.11 Å². The smallest absolute Gasteiger partial charge is 0.335 e. The third-order valence-corrected chi connectivity index (χ3v) is 3.81. The molecule has 0 spiro atoms. The van der Waals surface area contributed by atoms with Crippen molar-refractivity contribution in [2.24, 2.45) is 0 Å². The maximum atomic E-state index is 12.0. The fourth-order valence-electron chi connectivity index (χ4n) is 1.82. The van der Waals surface area contributed by atoms with E-state index in [1.54, 1.807) is 25.1 Å². The zero-order valence-electron chi connectivity index (χ0n) is 11.1. The van der Waals surface area contributed by atoms with Crippen LogP contribution in [0.25, 0.3) is 0 Å². The number of nitrogens with one attached hydrogen (secondary N) is 1. The van der Waals surface area contributed by atoms with Gasteiger partial charge in [-0.15, -0.1) is 11.3 Å². The second-order valence-corrected chi connectivity index (χ2v) is 5.54. The number of aromatic carboxylic acids is 1. The fraction of sp³-hybridized carbons (Fsp3) is 0.214. The Kier molecular flexibility index (Phi) is 4.14. The Bertz CT molecular complexity index is 664. The van der Waals surface area contributed by atoms with E-state index in [0.717, 1.165) is 10.6 Å². The number of nitrogens with zero attached hydrogens (tertiary/aromatic N) is 1. The first-order valence-corrected chi connectivity index (χ1v) is 6.83. The standard InChI is InChI=1S/C14H14N2O3S/c1-8-12(20-9(2)16-8)13(17)15-7-10-4-3-5-11(6-10)14(18)19/h3-6H,7H2,1-2H3,(H,15,17)(H,18,19). The molecule has 1 amide bonds. The Morgan fingerprint density at radius 2 is 2.10 bits per heavy atom. The van der Waals surface area contributed by atoms with E-state index in [-0.39, 0.29) is 18.0 Å². The molecule has 20 heavy (non-hydrogen) atoms. The van der Waals surface area contributed by atoms with Crippen LogP contribution in [0.15, 0.2) is 24.3 Å².